The van der Waals surface area contributed by atoms with Gasteiger partial charge in [0.1, 0.15) is 5.82 Å². The van der Waals surface area contributed by atoms with Crippen molar-refractivity contribution < 1.29 is 0 Å². The van der Waals surface area contributed by atoms with Crippen LogP contribution in [-0.4, -0.2) is 42.1 Å². The van der Waals surface area contributed by atoms with Gasteiger partial charge in [-0.25, -0.2) is 4.98 Å². The number of aryl methyl sites for hydroxylation is 1. The van der Waals surface area contributed by atoms with E-state index < -0.39 is 0 Å². The molecule has 1 aliphatic rings. The van der Waals surface area contributed by atoms with Crippen LogP contribution in [0.5, 0.6) is 0 Å². The standard InChI is InChI=1S/C15H26N4/c1-11(2)18-5-7-19(8-6-18)15-12(3)9-14(10-17-15)13(4)16/h9-11,13H,5-8,16H2,1-4H3/t13-/m1/s1. The Balaban J connectivity index is 2.07. The van der Waals surface area contributed by atoms with Crippen molar-refractivity contribution in [1.29, 1.82) is 0 Å². The van der Waals surface area contributed by atoms with Crippen LogP contribution in [0, 0.1) is 6.92 Å². The number of nitrogens with two attached hydrogens (primary N) is 1. The molecule has 0 spiro atoms. The van der Waals surface area contributed by atoms with Crippen LogP contribution in [0.15, 0.2) is 12.3 Å². The van der Waals surface area contributed by atoms with Crippen molar-refractivity contribution in [2.45, 2.75) is 39.8 Å². The van der Waals surface area contributed by atoms with Gasteiger partial charge in [0.15, 0.2) is 0 Å². The molecule has 1 saturated heterocycles. The van der Waals surface area contributed by atoms with Crippen molar-refractivity contribution in [1.82, 2.24) is 9.88 Å². The van der Waals surface area contributed by atoms with E-state index in [1.54, 1.807) is 0 Å². The molecular weight excluding hydrogens is 236 g/mol. The molecule has 1 fully saturated rings. The van der Waals surface area contributed by atoms with Crippen molar-refractivity contribution in [3.63, 3.8) is 0 Å². The number of hydrogen-bond donors (Lipinski definition) is 1. The van der Waals surface area contributed by atoms with Crippen molar-refractivity contribution in [2.75, 3.05) is 31.1 Å². The average Bonchev–Trinajstić information content (AvgIpc) is 2.38. The molecule has 106 valence electrons. The molecule has 1 aromatic heterocycles. The van der Waals surface area contributed by atoms with Gasteiger partial charge in [-0.05, 0) is 44.9 Å². The lowest BCUT2D eigenvalue weighted by Gasteiger charge is -2.38. The topological polar surface area (TPSA) is 45.4 Å². The van der Waals surface area contributed by atoms with Gasteiger partial charge >= 0.3 is 0 Å². The van der Waals surface area contributed by atoms with Crippen molar-refractivity contribution in [3.8, 4) is 0 Å². The maximum atomic E-state index is 5.90. The summed E-state index contributed by atoms with van der Waals surface area (Å²) in [6.45, 7) is 13.0. The summed E-state index contributed by atoms with van der Waals surface area (Å²) in [6.07, 6.45) is 1.92. The molecule has 0 saturated carbocycles. The zero-order valence-corrected chi connectivity index (χ0v) is 12.6. The minimum atomic E-state index is 0.0537. The lowest BCUT2D eigenvalue weighted by molar-refractivity contribution is 0.209. The highest BCUT2D eigenvalue weighted by atomic mass is 15.3. The first-order valence-corrected chi connectivity index (χ1v) is 7.20. The second-order valence-electron chi connectivity index (χ2n) is 5.81. The SMILES string of the molecule is Cc1cc([C@@H](C)N)cnc1N1CCN(C(C)C)CC1. The second kappa shape index (κ2) is 5.88. The molecule has 0 bridgehead atoms. The lowest BCUT2D eigenvalue weighted by Crippen LogP contribution is -2.49. The molecule has 0 amide bonds. The van der Waals surface area contributed by atoms with E-state index in [0.717, 1.165) is 37.6 Å². The Morgan fingerprint density at radius 1 is 1.16 bits per heavy atom. The molecule has 2 N–H and O–H groups in total. The summed E-state index contributed by atoms with van der Waals surface area (Å²) in [4.78, 5) is 9.52. The molecule has 2 heterocycles. The summed E-state index contributed by atoms with van der Waals surface area (Å²) in [5.41, 5.74) is 8.24. The smallest absolute Gasteiger partial charge is 0.131 e. The third kappa shape index (κ3) is 3.25. The third-order valence-corrected chi connectivity index (χ3v) is 3.94. The molecule has 0 unspecified atom stereocenters. The van der Waals surface area contributed by atoms with Gasteiger partial charge in [0, 0.05) is 44.5 Å². The van der Waals surface area contributed by atoms with Crippen LogP contribution < -0.4 is 10.6 Å². The van der Waals surface area contributed by atoms with E-state index >= 15 is 0 Å². The number of nitrogens with zero attached hydrogens (tertiary/aromatic N) is 3. The summed E-state index contributed by atoms with van der Waals surface area (Å²) < 4.78 is 0. The number of pyridine rings is 1. The lowest BCUT2D eigenvalue weighted by atomic mass is 10.1. The predicted octanol–water partition coefficient (Wildman–Crippen LogP) is 1.94. The van der Waals surface area contributed by atoms with Crippen LogP contribution >= 0.6 is 0 Å². The fourth-order valence-corrected chi connectivity index (χ4v) is 2.62. The molecule has 4 heteroatoms. The van der Waals surface area contributed by atoms with E-state index in [4.69, 9.17) is 5.73 Å². The Bertz CT molecular complexity index is 420. The maximum Gasteiger partial charge on any atom is 0.131 e. The quantitative estimate of drug-likeness (QED) is 0.904. The first kappa shape index (κ1) is 14.3. The normalized spacial score (nSPS) is 18.9. The highest BCUT2D eigenvalue weighted by Crippen LogP contribution is 2.22. The number of piperazine rings is 1. The predicted molar refractivity (Wildman–Crippen MR) is 80.5 cm³/mol. The molecular formula is C15H26N4. The van der Waals surface area contributed by atoms with Crippen LogP contribution in [0.3, 0.4) is 0 Å². The summed E-state index contributed by atoms with van der Waals surface area (Å²) in [6, 6.07) is 2.86. The summed E-state index contributed by atoms with van der Waals surface area (Å²) >= 11 is 0. The van der Waals surface area contributed by atoms with E-state index in [9.17, 15) is 0 Å². The molecule has 1 aliphatic heterocycles. The number of anilines is 1. The van der Waals surface area contributed by atoms with Gasteiger partial charge in [-0.3, -0.25) is 4.90 Å². The highest BCUT2D eigenvalue weighted by molar-refractivity contribution is 5.48. The molecule has 4 nitrogen and oxygen atoms in total. The van der Waals surface area contributed by atoms with E-state index in [1.165, 1.54) is 5.56 Å². The molecule has 1 atom stereocenters. The van der Waals surface area contributed by atoms with Crippen LogP contribution in [0.2, 0.25) is 0 Å². The number of aromatic nitrogens is 1. The van der Waals surface area contributed by atoms with Crippen molar-refractivity contribution in [3.05, 3.63) is 23.4 Å². The van der Waals surface area contributed by atoms with Crippen LogP contribution in [0.25, 0.3) is 0 Å². The fourth-order valence-electron chi connectivity index (χ4n) is 2.62. The largest absolute Gasteiger partial charge is 0.354 e. The molecule has 0 radical (unpaired) electrons. The van der Waals surface area contributed by atoms with Crippen LogP contribution in [-0.2, 0) is 0 Å². The Morgan fingerprint density at radius 3 is 2.26 bits per heavy atom. The Kier molecular flexibility index (Phi) is 4.42. The number of hydrogen-bond acceptors (Lipinski definition) is 4. The molecule has 1 aromatic rings. The molecule has 0 aliphatic carbocycles. The van der Waals surface area contributed by atoms with Gasteiger partial charge in [0.05, 0.1) is 0 Å². The zero-order valence-electron chi connectivity index (χ0n) is 12.6. The summed E-state index contributed by atoms with van der Waals surface area (Å²) in [5.74, 6) is 1.12. The Labute approximate surface area is 116 Å². The van der Waals surface area contributed by atoms with Crippen molar-refractivity contribution >= 4 is 5.82 Å². The molecule has 0 aromatic carbocycles. The first-order valence-electron chi connectivity index (χ1n) is 7.20. The van der Waals surface area contributed by atoms with Gasteiger partial charge in [-0.15, -0.1) is 0 Å². The number of rotatable bonds is 3. The van der Waals surface area contributed by atoms with E-state index in [2.05, 4.69) is 41.6 Å². The van der Waals surface area contributed by atoms with Gasteiger partial charge in [-0.2, -0.15) is 0 Å². The average molecular weight is 262 g/mol. The van der Waals surface area contributed by atoms with E-state index in [0.29, 0.717) is 6.04 Å². The van der Waals surface area contributed by atoms with Gasteiger partial charge in [0.25, 0.3) is 0 Å². The van der Waals surface area contributed by atoms with E-state index in [-0.39, 0.29) is 6.04 Å². The van der Waals surface area contributed by atoms with Gasteiger partial charge in [0.2, 0.25) is 0 Å². The molecule has 19 heavy (non-hydrogen) atoms. The van der Waals surface area contributed by atoms with Crippen molar-refractivity contribution in [2.24, 2.45) is 5.73 Å². The minimum Gasteiger partial charge on any atom is -0.354 e. The Morgan fingerprint density at radius 2 is 1.79 bits per heavy atom. The zero-order chi connectivity index (χ0) is 14.0. The minimum absolute atomic E-state index is 0.0537. The Hall–Kier alpha value is -1.13. The van der Waals surface area contributed by atoms with Crippen LogP contribution in [0.1, 0.15) is 37.9 Å². The van der Waals surface area contributed by atoms with Gasteiger partial charge in [-0.1, -0.05) is 0 Å². The summed E-state index contributed by atoms with van der Waals surface area (Å²) in [7, 11) is 0. The first-order chi connectivity index (χ1) is 8.99. The molecule has 2 rings (SSSR count). The summed E-state index contributed by atoms with van der Waals surface area (Å²) in [5, 5.41) is 0. The fraction of sp³-hybridized carbons (Fsp3) is 0.667. The van der Waals surface area contributed by atoms with Gasteiger partial charge < -0.3 is 10.6 Å². The second-order valence-corrected chi connectivity index (χ2v) is 5.81. The monoisotopic (exact) mass is 262 g/mol. The van der Waals surface area contributed by atoms with E-state index in [1.807, 2.05) is 13.1 Å². The maximum absolute atomic E-state index is 5.90. The third-order valence-electron chi connectivity index (χ3n) is 3.94. The van der Waals surface area contributed by atoms with Crippen LogP contribution in [0.4, 0.5) is 5.82 Å². The highest BCUT2D eigenvalue weighted by Gasteiger charge is 2.20.